The summed E-state index contributed by atoms with van der Waals surface area (Å²) in [5, 5.41) is 7.99. The van der Waals surface area contributed by atoms with Crippen molar-refractivity contribution in [2.24, 2.45) is 5.10 Å². The molecule has 2 aromatic heterocycles. The van der Waals surface area contributed by atoms with E-state index in [-0.39, 0.29) is 0 Å². The number of nitrogens with zero attached hydrogens (tertiary/aromatic N) is 6. The Bertz CT molecular complexity index is 1300. The Kier molecular flexibility index (Phi) is 5.86. The second kappa shape index (κ2) is 9.25. The lowest BCUT2D eigenvalue weighted by molar-refractivity contribution is 0.122. The van der Waals surface area contributed by atoms with Crippen molar-refractivity contribution < 1.29 is 9.47 Å². The van der Waals surface area contributed by atoms with Crippen molar-refractivity contribution in [3.8, 4) is 5.75 Å². The molecule has 5 rings (SSSR count). The number of aryl methyl sites for hydroxylation is 1. The van der Waals surface area contributed by atoms with Gasteiger partial charge in [-0.3, -0.25) is 0 Å². The molecule has 9 nitrogen and oxygen atoms in total. The molecular formula is C24H25N7O2. The molecule has 1 fully saturated rings. The third-order valence-corrected chi connectivity index (χ3v) is 5.37. The second-order valence-corrected chi connectivity index (χ2v) is 7.75. The molecule has 33 heavy (non-hydrogen) atoms. The molecule has 0 saturated carbocycles. The zero-order valence-electron chi connectivity index (χ0n) is 18.6. The fourth-order valence-electron chi connectivity index (χ4n) is 3.67. The molecule has 0 amide bonds. The molecule has 0 radical (unpaired) electrons. The van der Waals surface area contributed by atoms with Gasteiger partial charge in [-0.1, -0.05) is 35.9 Å². The molecule has 0 spiro atoms. The quantitative estimate of drug-likeness (QED) is 0.455. The lowest BCUT2D eigenvalue weighted by Crippen LogP contribution is -2.37. The SMILES string of the molecule is COc1cccc(Nc2nc(N3CCOCC3)nc3c2ncn3/N=C/c2cccc(C)c2)c1. The van der Waals surface area contributed by atoms with E-state index < -0.39 is 0 Å². The average Bonchev–Trinajstić information content (AvgIpc) is 3.27. The van der Waals surface area contributed by atoms with Gasteiger partial charge in [-0.25, -0.2) is 9.66 Å². The van der Waals surface area contributed by atoms with Crippen LogP contribution < -0.4 is 15.0 Å². The molecule has 3 heterocycles. The number of methoxy groups -OCH3 is 1. The number of aromatic nitrogens is 4. The number of anilines is 3. The van der Waals surface area contributed by atoms with Gasteiger partial charge in [0.1, 0.15) is 12.1 Å². The summed E-state index contributed by atoms with van der Waals surface area (Å²) in [6.45, 7) is 4.80. The van der Waals surface area contributed by atoms with E-state index in [2.05, 4.69) is 39.4 Å². The lowest BCUT2D eigenvalue weighted by Gasteiger charge is -2.27. The van der Waals surface area contributed by atoms with E-state index in [1.165, 1.54) is 5.56 Å². The number of rotatable bonds is 6. The first-order valence-corrected chi connectivity index (χ1v) is 10.8. The zero-order valence-corrected chi connectivity index (χ0v) is 18.6. The van der Waals surface area contributed by atoms with Gasteiger partial charge in [-0.05, 0) is 24.6 Å². The van der Waals surface area contributed by atoms with Crippen LogP contribution in [0.4, 0.5) is 17.5 Å². The average molecular weight is 444 g/mol. The predicted octanol–water partition coefficient (Wildman–Crippen LogP) is 3.61. The zero-order chi connectivity index (χ0) is 22.6. The minimum atomic E-state index is 0.610. The van der Waals surface area contributed by atoms with Gasteiger partial charge in [0.25, 0.3) is 0 Å². The molecule has 4 aromatic rings. The van der Waals surface area contributed by atoms with Crippen molar-refractivity contribution in [2.45, 2.75) is 6.92 Å². The standard InChI is InChI=1S/C24H25N7O2/c1-17-5-3-6-18(13-17)15-26-31-16-25-21-22(27-19-7-4-8-20(14-19)32-2)28-24(29-23(21)31)30-9-11-33-12-10-30/h3-8,13-16H,9-12H2,1-2H3,(H,27,28,29)/b26-15+. The summed E-state index contributed by atoms with van der Waals surface area (Å²) in [7, 11) is 1.65. The molecule has 0 unspecified atom stereocenters. The first-order valence-electron chi connectivity index (χ1n) is 10.8. The van der Waals surface area contributed by atoms with Gasteiger partial charge < -0.3 is 19.7 Å². The molecular weight excluding hydrogens is 418 g/mol. The van der Waals surface area contributed by atoms with Gasteiger partial charge >= 0.3 is 0 Å². The summed E-state index contributed by atoms with van der Waals surface area (Å²) in [6, 6.07) is 15.8. The number of hydrogen-bond acceptors (Lipinski definition) is 8. The smallest absolute Gasteiger partial charge is 0.229 e. The number of morpholine rings is 1. The Morgan fingerprint density at radius 1 is 1.09 bits per heavy atom. The Morgan fingerprint density at radius 3 is 2.76 bits per heavy atom. The molecule has 0 bridgehead atoms. The largest absolute Gasteiger partial charge is 0.497 e. The molecule has 1 saturated heterocycles. The van der Waals surface area contributed by atoms with Crippen LogP contribution >= 0.6 is 0 Å². The second-order valence-electron chi connectivity index (χ2n) is 7.75. The van der Waals surface area contributed by atoms with E-state index in [1.54, 1.807) is 24.3 Å². The highest BCUT2D eigenvalue weighted by Crippen LogP contribution is 2.27. The first-order chi connectivity index (χ1) is 16.2. The summed E-state index contributed by atoms with van der Waals surface area (Å²) >= 11 is 0. The topological polar surface area (TPSA) is 89.7 Å². The maximum absolute atomic E-state index is 5.50. The molecule has 168 valence electrons. The third kappa shape index (κ3) is 4.63. The van der Waals surface area contributed by atoms with E-state index in [1.807, 2.05) is 36.4 Å². The molecule has 1 N–H and O–H groups in total. The van der Waals surface area contributed by atoms with E-state index in [0.29, 0.717) is 36.1 Å². The fraction of sp³-hybridized carbons (Fsp3) is 0.250. The molecule has 1 aliphatic heterocycles. The summed E-state index contributed by atoms with van der Waals surface area (Å²) in [5.41, 5.74) is 4.29. The first kappa shape index (κ1) is 20.9. The van der Waals surface area contributed by atoms with Crippen LogP contribution in [0.2, 0.25) is 0 Å². The fourth-order valence-corrected chi connectivity index (χ4v) is 3.67. The van der Waals surface area contributed by atoms with Crippen molar-refractivity contribution in [1.29, 1.82) is 0 Å². The van der Waals surface area contributed by atoms with Crippen LogP contribution in [0.15, 0.2) is 60.0 Å². The van der Waals surface area contributed by atoms with Crippen LogP contribution in [0.5, 0.6) is 5.75 Å². The van der Waals surface area contributed by atoms with Crippen LogP contribution in [-0.2, 0) is 4.74 Å². The molecule has 0 aliphatic carbocycles. The number of fused-ring (bicyclic) bond motifs is 1. The highest BCUT2D eigenvalue weighted by Gasteiger charge is 2.19. The Labute approximate surface area is 191 Å². The van der Waals surface area contributed by atoms with Gasteiger partial charge in [0.15, 0.2) is 17.0 Å². The molecule has 1 aliphatic rings. The summed E-state index contributed by atoms with van der Waals surface area (Å²) in [4.78, 5) is 16.3. The van der Waals surface area contributed by atoms with Gasteiger partial charge in [-0.2, -0.15) is 15.1 Å². The van der Waals surface area contributed by atoms with Crippen molar-refractivity contribution >= 4 is 34.8 Å². The summed E-state index contributed by atoms with van der Waals surface area (Å²) < 4.78 is 12.5. The highest BCUT2D eigenvalue weighted by molar-refractivity contribution is 5.87. The predicted molar refractivity (Wildman–Crippen MR) is 129 cm³/mol. The third-order valence-electron chi connectivity index (χ3n) is 5.37. The minimum Gasteiger partial charge on any atom is -0.497 e. The normalized spacial score (nSPS) is 14.2. The maximum atomic E-state index is 5.50. The van der Waals surface area contributed by atoms with Crippen LogP contribution in [0.1, 0.15) is 11.1 Å². The number of nitrogens with one attached hydrogen (secondary N) is 1. The van der Waals surface area contributed by atoms with Crippen molar-refractivity contribution in [1.82, 2.24) is 19.6 Å². The van der Waals surface area contributed by atoms with Crippen LogP contribution in [-0.4, -0.2) is 59.3 Å². The number of benzene rings is 2. The number of hydrogen-bond donors (Lipinski definition) is 1. The molecule has 0 atom stereocenters. The van der Waals surface area contributed by atoms with Crippen molar-refractivity contribution in [2.75, 3.05) is 43.6 Å². The van der Waals surface area contributed by atoms with Gasteiger partial charge in [0, 0.05) is 24.8 Å². The van der Waals surface area contributed by atoms with Crippen LogP contribution in [0, 0.1) is 6.92 Å². The van der Waals surface area contributed by atoms with Crippen LogP contribution in [0.25, 0.3) is 11.2 Å². The van der Waals surface area contributed by atoms with E-state index in [0.717, 1.165) is 30.1 Å². The van der Waals surface area contributed by atoms with E-state index in [9.17, 15) is 0 Å². The van der Waals surface area contributed by atoms with Gasteiger partial charge in [0.2, 0.25) is 5.95 Å². The molecule has 2 aromatic carbocycles. The summed E-state index contributed by atoms with van der Waals surface area (Å²) in [5.74, 6) is 1.98. The maximum Gasteiger partial charge on any atom is 0.229 e. The number of ether oxygens (including phenoxy) is 2. The lowest BCUT2D eigenvalue weighted by atomic mass is 10.2. The van der Waals surface area contributed by atoms with Crippen molar-refractivity contribution in [3.05, 3.63) is 66.0 Å². The Morgan fingerprint density at radius 2 is 1.94 bits per heavy atom. The van der Waals surface area contributed by atoms with Crippen LogP contribution in [0.3, 0.4) is 0 Å². The highest BCUT2D eigenvalue weighted by atomic mass is 16.5. The Hall–Kier alpha value is -3.98. The van der Waals surface area contributed by atoms with E-state index >= 15 is 0 Å². The van der Waals surface area contributed by atoms with Crippen molar-refractivity contribution in [3.63, 3.8) is 0 Å². The summed E-state index contributed by atoms with van der Waals surface area (Å²) in [6.07, 6.45) is 3.46. The Balaban J connectivity index is 1.56. The minimum absolute atomic E-state index is 0.610. The molecule has 9 heteroatoms. The monoisotopic (exact) mass is 443 g/mol. The van der Waals surface area contributed by atoms with Gasteiger partial charge in [0.05, 0.1) is 26.5 Å². The van der Waals surface area contributed by atoms with E-state index in [4.69, 9.17) is 19.4 Å². The number of imidazole rings is 1. The van der Waals surface area contributed by atoms with Gasteiger partial charge in [-0.15, -0.1) is 0 Å².